The van der Waals surface area contributed by atoms with Crippen LogP contribution in [0, 0.1) is 5.92 Å². The quantitative estimate of drug-likeness (QED) is 0.574. The molecule has 0 saturated carbocycles. The molecule has 3 rings (SSSR count). The number of carbonyl (C=O) groups is 2. The van der Waals surface area contributed by atoms with Gasteiger partial charge in [0, 0.05) is 0 Å². The predicted octanol–water partition coefficient (Wildman–Crippen LogP) is 3.53. The number of benzene rings is 2. The van der Waals surface area contributed by atoms with Crippen molar-refractivity contribution in [1.82, 2.24) is 10.3 Å². The first kappa shape index (κ1) is 20.4. The van der Waals surface area contributed by atoms with E-state index < -0.39 is 17.5 Å². The fourth-order valence-corrected chi connectivity index (χ4v) is 2.96. The molecule has 0 bridgehead atoms. The summed E-state index contributed by atoms with van der Waals surface area (Å²) in [6.45, 7) is 6.37. The molecule has 0 aromatic heterocycles. The van der Waals surface area contributed by atoms with Crippen LogP contribution < -0.4 is 14.8 Å². The van der Waals surface area contributed by atoms with E-state index in [1.807, 2.05) is 18.2 Å². The Morgan fingerprint density at radius 3 is 2.52 bits per heavy atom. The Kier molecular flexibility index (Phi) is 5.87. The van der Waals surface area contributed by atoms with E-state index in [2.05, 4.69) is 24.3 Å². The molecule has 1 fully saturated rings. The minimum absolute atomic E-state index is 0.388. The smallest absolute Gasteiger partial charge is 0.346 e. The Morgan fingerprint density at radius 1 is 1.14 bits per heavy atom. The fraction of sp³-hybridized carbons (Fsp3) is 0.318. The summed E-state index contributed by atoms with van der Waals surface area (Å²) < 4.78 is 11.1. The SMILES string of the molecule is COc1cc(/C=N\N2C(=O)N[C@@](C)(c3ccccc3)C2=O)ccc1OCC(C)C. The number of amides is 3. The number of rotatable bonds is 7. The van der Waals surface area contributed by atoms with Crippen molar-refractivity contribution in [3.8, 4) is 11.5 Å². The van der Waals surface area contributed by atoms with Crippen molar-refractivity contribution in [3.63, 3.8) is 0 Å². The first-order valence-corrected chi connectivity index (χ1v) is 9.42. The lowest BCUT2D eigenvalue weighted by atomic mass is 9.92. The monoisotopic (exact) mass is 395 g/mol. The summed E-state index contributed by atoms with van der Waals surface area (Å²) in [6, 6.07) is 13.8. The second-order valence-electron chi connectivity index (χ2n) is 7.40. The van der Waals surface area contributed by atoms with Crippen LogP contribution in [0.5, 0.6) is 11.5 Å². The molecule has 29 heavy (non-hydrogen) atoms. The number of nitrogens with zero attached hydrogens (tertiary/aromatic N) is 2. The Bertz CT molecular complexity index is 927. The number of hydrazone groups is 1. The van der Waals surface area contributed by atoms with Crippen LogP contribution in [-0.4, -0.2) is 36.9 Å². The van der Waals surface area contributed by atoms with Crippen LogP contribution in [0.4, 0.5) is 4.79 Å². The van der Waals surface area contributed by atoms with Crippen LogP contribution in [0.1, 0.15) is 31.9 Å². The van der Waals surface area contributed by atoms with E-state index in [0.29, 0.717) is 35.2 Å². The van der Waals surface area contributed by atoms with Crippen LogP contribution in [0.3, 0.4) is 0 Å². The maximum absolute atomic E-state index is 12.9. The van der Waals surface area contributed by atoms with Crippen molar-refractivity contribution in [3.05, 3.63) is 59.7 Å². The molecule has 1 aliphatic rings. The van der Waals surface area contributed by atoms with Gasteiger partial charge in [-0.2, -0.15) is 5.10 Å². The lowest BCUT2D eigenvalue weighted by Gasteiger charge is -2.20. The Balaban J connectivity index is 1.79. The van der Waals surface area contributed by atoms with Gasteiger partial charge in [-0.25, -0.2) is 4.79 Å². The number of imide groups is 1. The van der Waals surface area contributed by atoms with E-state index in [4.69, 9.17) is 9.47 Å². The van der Waals surface area contributed by atoms with Crippen LogP contribution >= 0.6 is 0 Å². The molecule has 1 aliphatic heterocycles. The van der Waals surface area contributed by atoms with Crippen molar-refractivity contribution in [2.45, 2.75) is 26.3 Å². The number of methoxy groups -OCH3 is 1. The Hall–Kier alpha value is -3.35. The molecule has 2 aromatic carbocycles. The lowest BCUT2D eigenvalue weighted by molar-refractivity contribution is -0.131. The molecule has 0 radical (unpaired) electrons. The average Bonchev–Trinajstić information content (AvgIpc) is 2.94. The first-order chi connectivity index (χ1) is 13.8. The molecule has 1 heterocycles. The highest BCUT2D eigenvalue weighted by atomic mass is 16.5. The Morgan fingerprint density at radius 2 is 1.86 bits per heavy atom. The molecule has 7 heteroatoms. The van der Waals surface area contributed by atoms with Gasteiger partial charge in [0.05, 0.1) is 19.9 Å². The number of hydrogen-bond acceptors (Lipinski definition) is 5. The molecule has 0 unspecified atom stereocenters. The molecule has 7 nitrogen and oxygen atoms in total. The van der Waals surface area contributed by atoms with Crippen LogP contribution in [0.2, 0.25) is 0 Å². The molecule has 1 N–H and O–H groups in total. The van der Waals surface area contributed by atoms with E-state index in [0.717, 1.165) is 5.01 Å². The molecular weight excluding hydrogens is 370 g/mol. The van der Waals surface area contributed by atoms with Gasteiger partial charge in [0.2, 0.25) is 0 Å². The minimum atomic E-state index is -1.15. The number of urea groups is 1. The fourth-order valence-electron chi connectivity index (χ4n) is 2.96. The van der Waals surface area contributed by atoms with Gasteiger partial charge < -0.3 is 14.8 Å². The maximum Gasteiger partial charge on any atom is 0.346 e. The van der Waals surface area contributed by atoms with Gasteiger partial charge in [0.25, 0.3) is 5.91 Å². The van der Waals surface area contributed by atoms with Crippen molar-refractivity contribution in [2.24, 2.45) is 11.0 Å². The zero-order chi connectivity index (χ0) is 21.0. The highest BCUT2D eigenvalue weighted by Gasteiger charge is 2.49. The summed E-state index contributed by atoms with van der Waals surface area (Å²) in [7, 11) is 1.56. The van der Waals surface area contributed by atoms with Crippen molar-refractivity contribution >= 4 is 18.2 Å². The zero-order valence-corrected chi connectivity index (χ0v) is 17.0. The minimum Gasteiger partial charge on any atom is -0.493 e. The molecule has 3 amide bonds. The third-order valence-corrected chi connectivity index (χ3v) is 4.60. The first-order valence-electron chi connectivity index (χ1n) is 9.42. The van der Waals surface area contributed by atoms with Gasteiger partial charge in [0.1, 0.15) is 5.54 Å². The van der Waals surface area contributed by atoms with Crippen molar-refractivity contribution in [2.75, 3.05) is 13.7 Å². The van der Waals surface area contributed by atoms with E-state index in [1.165, 1.54) is 6.21 Å². The van der Waals surface area contributed by atoms with Gasteiger partial charge in [-0.05, 0) is 42.2 Å². The second-order valence-corrected chi connectivity index (χ2v) is 7.40. The summed E-state index contributed by atoms with van der Waals surface area (Å²) in [5.41, 5.74) is 0.221. The van der Waals surface area contributed by atoms with Crippen molar-refractivity contribution < 1.29 is 19.1 Å². The lowest BCUT2D eigenvalue weighted by Crippen LogP contribution is -2.40. The Labute approximate surface area is 170 Å². The standard InChI is InChI=1S/C22H25N3O4/c1-15(2)14-29-18-11-10-16(12-19(18)28-4)13-23-25-20(26)22(3,24-21(25)27)17-8-6-5-7-9-17/h5-13,15H,14H2,1-4H3,(H,24,27)/b23-13-/t22-/m0/s1. The zero-order valence-electron chi connectivity index (χ0n) is 17.0. The highest BCUT2D eigenvalue weighted by molar-refractivity contribution is 6.07. The third-order valence-electron chi connectivity index (χ3n) is 4.60. The molecule has 1 saturated heterocycles. The molecule has 0 spiro atoms. The predicted molar refractivity (Wildman–Crippen MR) is 110 cm³/mol. The summed E-state index contributed by atoms with van der Waals surface area (Å²) in [6.07, 6.45) is 1.45. The molecule has 152 valence electrons. The summed E-state index contributed by atoms with van der Waals surface area (Å²) in [4.78, 5) is 25.2. The van der Waals surface area contributed by atoms with Gasteiger partial charge in [-0.1, -0.05) is 44.2 Å². The molecule has 0 aliphatic carbocycles. The van der Waals surface area contributed by atoms with Crippen LogP contribution in [-0.2, 0) is 10.3 Å². The maximum atomic E-state index is 12.9. The van der Waals surface area contributed by atoms with Crippen molar-refractivity contribution in [1.29, 1.82) is 0 Å². The van der Waals surface area contributed by atoms with Crippen LogP contribution in [0.15, 0.2) is 53.6 Å². The summed E-state index contributed by atoms with van der Waals surface area (Å²) in [5.74, 6) is 1.14. The molecular formula is C22H25N3O4. The van der Waals surface area contributed by atoms with Gasteiger partial charge in [-0.3, -0.25) is 4.79 Å². The third kappa shape index (κ3) is 4.23. The second kappa shape index (κ2) is 8.34. The largest absolute Gasteiger partial charge is 0.493 e. The topological polar surface area (TPSA) is 80.2 Å². The number of hydrogen-bond donors (Lipinski definition) is 1. The van der Waals surface area contributed by atoms with Gasteiger partial charge in [-0.15, -0.1) is 5.01 Å². The number of ether oxygens (including phenoxy) is 2. The number of carbonyl (C=O) groups excluding carboxylic acids is 2. The van der Waals surface area contributed by atoms with Gasteiger partial charge >= 0.3 is 6.03 Å². The molecule has 2 aromatic rings. The average molecular weight is 395 g/mol. The van der Waals surface area contributed by atoms with Gasteiger partial charge in [0.15, 0.2) is 11.5 Å². The van der Waals surface area contributed by atoms with E-state index in [-0.39, 0.29) is 0 Å². The van der Waals surface area contributed by atoms with Crippen LogP contribution in [0.25, 0.3) is 0 Å². The summed E-state index contributed by atoms with van der Waals surface area (Å²) in [5, 5.41) is 7.68. The van der Waals surface area contributed by atoms with E-state index in [9.17, 15) is 9.59 Å². The van der Waals surface area contributed by atoms with E-state index in [1.54, 1.807) is 44.4 Å². The number of nitrogens with one attached hydrogen (secondary N) is 1. The summed E-state index contributed by atoms with van der Waals surface area (Å²) >= 11 is 0. The van der Waals surface area contributed by atoms with E-state index >= 15 is 0 Å². The molecule has 1 atom stereocenters. The highest BCUT2D eigenvalue weighted by Crippen LogP contribution is 2.30. The normalized spacial score (nSPS) is 19.1.